The number of nitrogens with two attached hydrogens (primary N) is 2. The molecule has 5 nitrogen and oxygen atoms in total. The maximum absolute atomic E-state index is 11.7. The second-order valence-electron chi connectivity index (χ2n) is 5.66. The molecule has 0 aliphatic rings. The lowest BCUT2D eigenvalue weighted by Crippen LogP contribution is -2.43. The van der Waals surface area contributed by atoms with E-state index < -0.39 is 24.0 Å². The lowest BCUT2D eigenvalue weighted by Gasteiger charge is -2.35. The van der Waals surface area contributed by atoms with Gasteiger partial charge in [-0.2, -0.15) is 0 Å². The van der Waals surface area contributed by atoms with Crippen LogP contribution in [0.1, 0.15) is 32.3 Å². The Morgan fingerprint density at radius 2 is 1.85 bits per heavy atom. The van der Waals surface area contributed by atoms with Gasteiger partial charge in [-0.25, -0.2) is 4.79 Å². The van der Waals surface area contributed by atoms with Crippen molar-refractivity contribution in [3.05, 3.63) is 34.3 Å². The molecular weight excluding hydrogens is 324 g/mol. The summed E-state index contributed by atoms with van der Waals surface area (Å²) >= 11 is 3.39. The number of primary amides is 2. The Balaban J connectivity index is 3.30. The zero-order chi connectivity index (χ0) is 15.5. The summed E-state index contributed by atoms with van der Waals surface area (Å²) in [4.78, 5) is 22.7. The fraction of sp³-hybridized carbons (Fsp3) is 0.429. The molecule has 0 heterocycles. The highest BCUT2D eigenvalue weighted by atomic mass is 79.9. The largest absolute Gasteiger partial charge is 0.436 e. The van der Waals surface area contributed by atoms with E-state index in [1.165, 1.54) is 0 Å². The Hall–Kier alpha value is -1.56. The van der Waals surface area contributed by atoms with Gasteiger partial charge in [0.15, 0.2) is 6.10 Å². The van der Waals surface area contributed by atoms with Crippen molar-refractivity contribution in [3.63, 3.8) is 0 Å². The van der Waals surface area contributed by atoms with Crippen molar-refractivity contribution in [2.75, 3.05) is 0 Å². The van der Waals surface area contributed by atoms with Crippen molar-refractivity contribution < 1.29 is 14.3 Å². The lowest BCUT2D eigenvalue weighted by molar-refractivity contribution is -0.128. The Morgan fingerprint density at radius 1 is 1.25 bits per heavy atom. The molecule has 1 aromatic carbocycles. The molecule has 110 valence electrons. The molecule has 2 unspecified atom stereocenters. The van der Waals surface area contributed by atoms with Gasteiger partial charge in [0.1, 0.15) is 0 Å². The average molecular weight is 343 g/mol. The Morgan fingerprint density at radius 3 is 2.25 bits per heavy atom. The summed E-state index contributed by atoms with van der Waals surface area (Å²) in [6, 6.07) is 7.45. The highest BCUT2D eigenvalue weighted by Gasteiger charge is 2.39. The van der Waals surface area contributed by atoms with E-state index in [9.17, 15) is 9.59 Å². The second kappa shape index (κ2) is 6.26. The highest BCUT2D eigenvalue weighted by molar-refractivity contribution is 9.10. The first kappa shape index (κ1) is 16.5. The maximum atomic E-state index is 11.7. The molecular formula is C14H19BrN2O3. The number of halogens is 1. The van der Waals surface area contributed by atoms with E-state index >= 15 is 0 Å². The van der Waals surface area contributed by atoms with E-state index in [0.717, 1.165) is 10.0 Å². The van der Waals surface area contributed by atoms with Crippen molar-refractivity contribution in [1.82, 2.24) is 0 Å². The summed E-state index contributed by atoms with van der Waals surface area (Å²) in [6.07, 6.45) is -2.13. The quantitative estimate of drug-likeness (QED) is 0.879. The van der Waals surface area contributed by atoms with Crippen LogP contribution in [0, 0.1) is 5.41 Å². The van der Waals surface area contributed by atoms with Crippen molar-refractivity contribution in [1.29, 1.82) is 0 Å². The van der Waals surface area contributed by atoms with E-state index in [1.54, 1.807) is 0 Å². The molecule has 2 amide bonds. The molecule has 6 heteroatoms. The first-order chi connectivity index (χ1) is 9.12. The van der Waals surface area contributed by atoms with Crippen molar-refractivity contribution in [2.24, 2.45) is 16.9 Å². The normalized spacial score (nSPS) is 14.4. The van der Waals surface area contributed by atoms with Crippen LogP contribution in [0.3, 0.4) is 0 Å². The second-order valence-corrected chi connectivity index (χ2v) is 6.57. The van der Waals surface area contributed by atoms with Gasteiger partial charge in [0.2, 0.25) is 0 Å². The summed E-state index contributed by atoms with van der Waals surface area (Å²) in [7, 11) is 0. The number of ether oxygens (including phenoxy) is 1. The van der Waals surface area contributed by atoms with E-state index in [4.69, 9.17) is 16.2 Å². The summed E-state index contributed by atoms with van der Waals surface area (Å²) < 4.78 is 5.81. The number of hydrogen-bond acceptors (Lipinski definition) is 3. The number of carbonyl (C=O) groups excluding carboxylic acids is 2. The molecule has 0 aliphatic heterocycles. The molecule has 4 N–H and O–H groups in total. The number of rotatable bonds is 4. The van der Waals surface area contributed by atoms with Crippen LogP contribution in [0.5, 0.6) is 0 Å². The first-order valence-corrected chi connectivity index (χ1v) is 6.93. The summed E-state index contributed by atoms with van der Waals surface area (Å²) in [5.74, 6) is -1.12. The summed E-state index contributed by atoms with van der Waals surface area (Å²) in [6.45, 7) is 5.83. The monoisotopic (exact) mass is 342 g/mol. The fourth-order valence-electron chi connectivity index (χ4n) is 2.24. The van der Waals surface area contributed by atoms with Crippen LogP contribution in [-0.2, 0) is 9.53 Å². The first-order valence-electron chi connectivity index (χ1n) is 6.14. The Bertz CT molecular complexity index is 511. The van der Waals surface area contributed by atoms with Gasteiger partial charge in [-0.15, -0.1) is 0 Å². The lowest BCUT2D eigenvalue weighted by atomic mass is 9.73. The van der Waals surface area contributed by atoms with Gasteiger partial charge in [0.25, 0.3) is 5.91 Å². The van der Waals surface area contributed by atoms with E-state index in [1.807, 2.05) is 45.0 Å². The van der Waals surface area contributed by atoms with Gasteiger partial charge < -0.3 is 16.2 Å². The molecule has 0 saturated carbocycles. The van der Waals surface area contributed by atoms with Gasteiger partial charge in [0.05, 0.1) is 0 Å². The number of hydrogen-bond donors (Lipinski definition) is 2. The minimum absolute atomic E-state index is 0.351. The molecule has 20 heavy (non-hydrogen) atoms. The zero-order valence-electron chi connectivity index (χ0n) is 11.7. The van der Waals surface area contributed by atoms with Crippen LogP contribution in [0.2, 0.25) is 0 Å². The standard InChI is InChI=1S/C14H19BrN2O3/c1-14(2,3)10(8-5-4-6-9(15)7-8)11(12(16)18)20-13(17)19/h4-7,10-11H,1-3H3,(H2,16,18)(H2,17,19). The summed E-state index contributed by atoms with van der Waals surface area (Å²) in [5.41, 5.74) is 10.9. The average Bonchev–Trinajstić information content (AvgIpc) is 2.25. The van der Waals surface area contributed by atoms with E-state index in [-0.39, 0.29) is 5.41 Å². The third kappa shape index (κ3) is 4.23. The topological polar surface area (TPSA) is 95.4 Å². The molecule has 0 bridgehead atoms. The molecule has 0 aromatic heterocycles. The van der Waals surface area contributed by atoms with Gasteiger partial charge in [-0.1, -0.05) is 48.8 Å². The SMILES string of the molecule is CC(C)(C)C(c1cccc(Br)c1)C(OC(N)=O)C(N)=O. The van der Waals surface area contributed by atoms with Crippen LogP contribution in [0.4, 0.5) is 4.79 Å². The number of benzene rings is 1. The van der Waals surface area contributed by atoms with Crippen LogP contribution in [-0.4, -0.2) is 18.1 Å². The van der Waals surface area contributed by atoms with Crippen molar-refractivity contribution in [2.45, 2.75) is 32.8 Å². The van der Waals surface area contributed by atoms with Crippen LogP contribution in [0.15, 0.2) is 28.7 Å². The third-order valence-electron chi connectivity index (χ3n) is 2.97. The molecule has 2 atom stereocenters. The minimum Gasteiger partial charge on any atom is -0.436 e. The van der Waals surface area contributed by atoms with Gasteiger partial charge in [0, 0.05) is 10.4 Å². The van der Waals surface area contributed by atoms with E-state index in [0.29, 0.717) is 0 Å². The Labute approximate surface area is 126 Å². The number of carbonyl (C=O) groups is 2. The van der Waals surface area contributed by atoms with Crippen LogP contribution < -0.4 is 11.5 Å². The fourth-order valence-corrected chi connectivity index (χ4v) is 2.66. The molecule has 0 saturated heterocycles. The van der Waals surface area contributed by atoms with Gasteiger partial charge >= 0.3 is 6.09 Å². The maximum Gasteiger partial charge on any atom is 0.405 e. The van der Waals surface area contributed by atoms with Crippen LogP contribution in [0.25, 0.3) is 0 Å². The Kier molecular flexibility index (Phi) is 5.16. The predicted octanol–water partition coefficient (Wildman–Crippen LogP) is 2.53. The molecule has 0 spiro atoms. The van der Waals surface area contributed by atoms with Crippen molar-refractivity contribution in [3.8, 4) is 0 Å². The van der Waals surface area contributed by atoms with Gasteiger partial charge in [-0.3, -0.25) is 4.79 Å². The highest BCUT2D eigenvalue weighted by Crippen LogP contribution is 2.39. The molecule has 0 radical (unpaired) electrons. The van der Waals surface area contributed by atoms with E-state index in [2.05, 4.69) is 15.9 Å². The third-order valence-corrected chi connectivity index (χ3v) is 3.46. The zero-order valence-corrected chi connectivity index (χ0v) is 13.3. The molecule has 0 aliphatic carbocycles. The van der Waals surface area contributed by atoms with Gasteiger partial charge in [-0.05, 0) is 23.1 Å². The predicted molar refractivity (Wildman–Crippen MR) is 80.0 cm³/mol. The number of amides is 2. The van der Waals surface area contributed by atoms with Crippen LogP contribution >= 0.6 is 15.9 Å². The summed E-state index contributed by atoms with van der Waals surface area (Å²) in [5, 5.41) is 0. The molecule has 0 fully saturated rings. The van der Waals surface area contributed by atoms with Crippen molar-refractivity contribution >= 4 is 27.9 Å². The molecule has 1 rings (SSSR count). The smallest absolute Gasteiger partial charge is 0.405 e. The minimum atomic E-state index is -1.11. The molecule has 1 aromatic rings.